The molecule has 0 spiro atoms. The number of carbonyl (C=O) groups is 1. The van der Waals surface area contributed by atoms with Crippen molar-refractivity contribution in [1.29, 1.82) is 0 Å². The van der Waals surface area contributed by atoms with E-state index in [1.54, 1.807) is 13.0 Å². The molecule has 2 aromatic carbocycles. The summed E-state index contributed by atoms with van der Waals surface area (Å²) in [6, 6.07) is 11.6. The highest BCUT2D eigenvalue weighted by molar-refractivity contribution is 7.89. The van der Waals surface area contributed by atoms with Crippen molar-refractivity contribution in [2.24, 2.45) is 0 Å². The zero-order chi connectivity index (χ0) is 19.4. The SMILES string of the molecule is CCOC(=O)C1Cc2cc(CCNS(=O)(=O)c3ccc(Cl)cc3)ccc2O1. The van der Waals surface area contributed by atoms with E-state index in [2.05, 4.69) is 4.72 Å². The summed E-state index contributed by atoms with van der Waals surface area (Å²) in [7, 11) is -3.58. The van der Waals surface area contributed by atoms with Gasteiger partial charge in [0.05, 0.1) is 11.5 Å². The lowest BCUT2D eigenvalue weighted by Crippen LogP contribution is -2.27. The first kappa shape index (κ1) is 19.7. The van der Waals surface area contributed by atoms with Crippen LogP contribution in [-0.2, 0) is 32.4 Å². The van der Waals surface area contributed by atoms with E-state index in [9.17, 15) is 13.2 Å². The molecule has 0 saturated heterocycles. The minimum atomic E-state index is -3.58. The molecule has 0 aliphatic carbocycles. The van der Waals surface area contributed by atoms with Gasteiger partial charge in [-0.3, -0.25) is 0 Å². The van der Waals surface area contributed by atoms with Gasteiger partial charge in [0.25, 0.3) is 0 Å². The summed E-state index contributed by atoms with van der Waals surface area (Å²) in [5.74, 6) is 0.296. The van der Waals surface area contributed by atoms with Crippen molar-refractivity contribution in [2.75, 3.05) is 13.2 Å². The topological polar surface area (TPSA) is 81.7 Å². The Morgan fingerprint density at radius 3 is 2.70 bits per heavy atom. The quantitative estimate of drug-likeness (QED) is 0.711. The molecule has 1 atom stereocenters. The predicted molar refractivity (Wildman–Crippen MR) is 102 cm³/mol. The molecule has 0 bridgehead atoms. The normalized spacial score (nSPS) is 15.9. The first-order valence-electron chi connectivity index (χ1n) is 8.59. The third kappa shape index (κ3) is 4.80. The second-order valence-electron chi connectivity index (χ2n) is 6.11. The Morgan fingerprint density at radius 1 is 1.26 bits per heavy atom. The molecule has 0 radical (unpaired) electrons. The van der Waals surface area contributed by atoms with Crippen LogP contribution < -0.4 is 9.46 Å². The Balaban J connectivity index is 1.58. The van der Waals surface area contributed by atoms with Crippen LogP contribution in [0.4, 0.5) is 0 Å². The fraction of sp³-hybridized carbons (Fsp3) is 0.316. The molecule has 1 aliphatic heterocycles. The minimum absolute atomic E-state index is 0.173. The zero-order valence-electron chi connectivity index (χ0n) is 14.8. The van der Waals surface area contributed by atoms with Crippen LogP contribution in [0.1, 0.15) is 18.1 Å². The van der Waals surface area contributed by atoms with Gasteiger partial charge < -0.3 is 9.47 Å². The van der Waals surface area contributed by atoms with Crippen molar-refractivity contribution in [2.45, 2.75) is 30.8 Å². The van der Waals surface area contributed by atoms with Gasteiger partial charge in [0.1, 0.15) is 5.75 Å². The first-order valence-corrected chi connectivity index (χ1v) is 10.5. The number of hydrogen-bond donors (Lipinski definition) is 1. The van der Waals surface area contributed by atoms with Gasteiger partial charge in [-0.25, -0.2) is 17.9 Å². The van der Waals surface area contributed by atoms with Gasteiger partial charge in [-0.1, -0.05) is 23.7 Å². The molecule has 0 saturated carbocycles. The second kappa shape index (κ2) is 8.29. The van der Waals surface area contributed by atoms with Gasteiger partial charge in [0.15, 0.2) is 6.10 Å². The number of carbonyl (C=O) groups excluding carboxylic acids is 1. The van der Waals surface area contributed by atoms with Crippen molar-refractivity contribution >= 4 is 27.6 Å². The standard InChI is InChI=1S/C19H20ClNO5S/c1-2-25-19(22)18-12-14-11-13(3-8-17(14)26-18)9-10-21-27(23,24)16-6-4-15(20)5-7-16/h3-8,11,18,21H,2,9-10,12H2,1H3. The van der Waals surface area contributed by atoms with Gasteiger partial charge >= 0.3 is 5.97 Å². The molecule has 0 amide bonds. The van der Waals surface area contributed by atoms with Crippen LogP contribution in [0.15, 0.2) is 47.4 Å². The highest BCUT2D eigenvalue weighted by Crippen LogP contribution is 2.30. The van der Waals surface area contributed by atoms with Crippen LogP contribution >= 0.6 is 11.6 Å². The monoisotopic (exact) mass is 409 g/mol. The summed E-state index contributed by atoms with van der Waals surface area (Å²) in [4.78, 5) is 12.0. The number of halogens is 1. The van der Waals surface area contributed by atoms with Crippen LogP contribution in [0.3, 0.4) is 0 Å². The highest BCUT2D eigenvalue weighted by atomic mass is 35.5. The minimum Gasteiger partial charge on any atom is -0.478 e. The number of esters is 1. The summed E-state index contributed by atoms with van der Waals surface area (Å²) < 4.78 is 37.7. The molecule has 0 fully saturated rings. The number of fused-ring (bicyclic) bond motifs is 1. The van der Waals surface area contributed by atoms with Crippen molar-refractivity contribution in [3.05, 3.63) is 58.6 Å². The third-order valence-electron chi connectivity index (χ3n) is 4.18. The molecule has 1 aliphatic rings. The molecule has 1 unspecified atom stereocenters. The molecule has 27 heavy (non-hydrogen) atoms. The fourth-order valence-electron chi connectivity index (χ4n) is 2.85. The molecular formula is C19H20ClNO5S. The zero-order valence-corrected chi connectivity index (χ0v) is 16.3. The number of ether oxygens (including phenoxy) is 2. The molecule has 3 rings (SSSR count). The Morgan fingerprint density at radius 2 is 2.00 bits per heavy atom. The van der Waals surface area contributed by atoms with E-state index in [0.717, 1.165) is 11.1 Å². The summed E-state index contributed by atoms with van der Waals surface area (Å²) in [5.41, 5.74) is 1.88. The number of benzene rings is 2. The molecule has 144 valence electrons. The van der Waals surface area contributed by atoms with E-state index in [0.29, 0.717) is 30.2 Å². The van der Waals surface area contributed by atoms with Crippen molar-refractivity contribution in [3.63, 3.8) is 0 Å². The maximum Gasteiger partial charge on any atom is 0.347 e. The predicted octanol–water partition coefficient (Wildman–Crippen LogP) is 2.73. The van der Waals surface area contributed by atoms with E-state index < -0.39 is 16.1 Å². The van der Waals surface area contributed by atoms with Crippen LogP contribution in [-0.4, -0.2) is 33.6 Å². The number of rotatable bonds is 7. The van der Waals surface area contributed by atoms with E-state index in [-0.39, 0.29) is 17.4 Å². The van der Waals surface area contributed by atoms with Gasteiger partial charge in [0.2, 0.25) is 10.0 Å². The molecule has 0 aromatic heterocycles. The number of sulfonamides is 1. The summed E-state index contributed by atoms with van der Waals surface area (Å²) in [5, 5.41) is 0.482. The average molecular weight is 410 g/mol. The summed E-state index contributed by atoms with van der Waals surface area (Å²) in [6.07, 6.45) is 0.362. The maximum absolute atomic E-state index is 12.3. The van der Waals surface area contributed by atoms with E-state index in [1.807, 2.05) is 12.1 Å². The van der Waals surface area contributed by atoms with Gasteiger partial charge in [-0.05, 0) is 54.8 Å². The second-order valence-corrected chi connectivity index (χ2v) is 8.31. The van der Waals surface area contributed by atoms with E-state index >= 15 is 0 Å². The van der Waals surface area contributed by atoms with Crippen molar-refractivity contribution in [1.82, 2.24) is 4.72 Å². The largest absolute Gasteiger partial charge is 0.478 e. The number of nitrogens with one attached hydrogen (secondary N) is 1. The Kier molecular flexibility index (Phi) is 6.04. The molecule has 6 nitrogen and oxygen atoms in total. The van der Waals surface area contributed by atoms with Crippen molar-refractivity contribution in [3.8, 4) is 5.75 Å². The first-order chi connectivity index (χ1) is 12.9. The molecule has 1 heterocycles. The maximum atomic E-state index is 12.3. The molecular weight excluding hydrogens is 390 g/mol. The average Bonchev–Trinajstić information content (AvgIpc) is 3.06. The van der Waals surface area contributed by atoms with Crippen LogP contribution in [0.2, 0.25) is 5.02 Å². The van der Waals surface area contributed by atoms with E-state index in [4.69, 9.17) is 21.1 Å². The van der Waals surface area contributed by atoms with Crippen LogP contribution in [0, 0.1) is 0 Å². The van der Waals surface area contributed by atoms with E-state index in [1.165, 1.54) is 24.3 Å². The van der Waals surface area contributed by atoms with Gasteiger partial charge in [-0.15, -0.1) is 0 Å². The Labute approximate surface area is 163 Å². The lowest BCUT2D eigenvalue weighted by Gasteiger charge is -2.09. The van der Waals surface area contributed by atoms with Crippen LogP contribution in [0.25, 0.3) is 0 Å². The lowest BCUT2D eigenvalue weighted by molar-refractivity contribution is -0.150. The molecule has 8 heteroatoms. The van der Waals surface area contributed by atoms with Crippen LogP contribution in [0.5, 0.6) is 5.75 Å². The summed E-state index contributed by atoms with van der Waals surface area (Å²) >= 11 is 5.79. The molecule has 2 aromatic rings. The third-order valence-corrected chi connectivity index (χ3v) is 5.91. The van der Waals surface area contributed by atoms with Crippen molar-refractivity contribution < 1.29 is 22.7 Å². The Hall–Kier alpha value is -2.09. The van der Waals surface area contributed by atoms with Gasteiger partial charge in [0, 0.05) is 18.0 Å². The molecule has 1 N–H and O–H groups in total. The lowest BCUT2D eigenvalue weighted by atomic mass is 10.0. The smallest absolute Gasteiger partial charge is 0.347 e. The fourth-order valence-corrected chi connectivity index (χ4v) is 4.01. The highest BCUT2D eigenvalue weighted by Gasteiger charge is 2.30. The number of hydrogen-bond acceptors (Lipinski definition) is 5. The van der Waals surface area contributed by atoms with Gasteiger partial charge in [-0.2, -0.15) is 0 Å². The Bertz CT molecular complexity index is 928. The summed E-state index contributed by atoms with van der Waals surface area (Å²) in [6.45, 7) is 2.32.